The standard InChI is InChI=1S/C21H21ClN2O6/c1-12(25)21(23,19(28)29)24-18(27)20(2,3)30-16-10-6-14(7-11-16)17(26)13-4-8-15(22)9-5-13/h4-11H,23H2,1-3H3,(H,24,27)(H,28,29). The lowest BCUT2D eigenvalue weighted by molar-refractivity contribution is -0.154. The maximum absolute atomic E-state index is 12.5. The Balaban J connectivity index is 2.14. The number of hydrogen-bond donors (Lipinski definition) is 3. The van der Waals surface area contributed by atoms with Crippen LogP contribution in [0, 0.1) is 0 Å². The number of carboxylic acids is 1. The van der Waals surface area contributed by atoms with Gasteiger partial charge in [-0.15, -0.1) is 0 Å². The van der Waals surface area contributed by atoms with Crippen LogP contribution in [0.5, 0.6) is 5.75 Å². The van der Waals surface area contributed by atoms with Gasteiger partial charge in [-0.1, -0.05) is 11.6 Å². The third kappa shape index (κ3) is 5.03. The van der Waals surface area contributed by atoms with Gasteiger partial charge in [-0.25, -0.2) is 4.79 Å². The quantitative estimate of drug-likeness (QED) is 0.330. The smallest absolute Gasteiger partial charge is 0.352 e. The second-order valence-corrected chi connectivity index (χ2v) is 7.53. The molecule has 0 saturated heterocycles. The number of ether oxygens (including phenoxy) is 1. The number of halogens is 1. The van der Waals surface area contributed by atoms with Gasteiger partial charge in [0, 0.05) is 16.1 Å². The van der Waals surface area contributed by atoms with E-state index in [0.29, 0.717) is 16.1 Å². The molecule has 2 aromatic carbocycles. The van der Waals surface area contributed by atoms with Gasteiger partial charge in [0.05, 0.1) is 0 Å². The van der Waals surface area contributed by atoms with Gasteiger partial charge in [-0.2, -0.15) is 0 Å². The van der Waals surface area contributed by atoms with Crippen molar-refractivity contribution in [2.24, 2.45) is 5.73 Å². The molecule has 1 amide bonds. The van der Waals surface area contributed by atoms with E-state index >= 15 is 0 Å². The van der Waals surface area contributed by atoms with E-state index in [4.69, 9.17) is 27.2 Å². The maximum Gasteiger partial charge on any atom is 0.352 e. The molecule has 1 unspecified atom stereocenters. The average molecular weight is 433 g/mol. The Kier molecular flexibility index (Phi) is 6.64. The van der Waals surface area contributed by atoms with Gasteiger partial charge in [0.25, 0.3) is 5.91 Å². The molecule has 8 nitrogen and oxygen atoms in total. The number of carbonyl (C=O) groups excluding carboxylic acids is 3. The zero-order chi connectivity index (χ0) is 22.7. The number of rotatable bonds is 8. The van der Waals surface area contributed by atoms with Gasteiger partial charge in [-0.05, 0) is 69.3 Å². The van der Waals surface area contributed by atoms with Crippen LogP contribution in [-0.2, 0) is 14.4 Å². The van der Waals surface area contributed by atoms with E-state index in [1.807, 2.05) is 5.32 Å². The van der Waals surface area contributed by atoms with Crippen LogP contribution in [0.15, 0.2) is 48.5 Å². The van der Waals surface area contributed by atoms with E-state index in [1.165, 1.54) is 38.1 Å². The maximum atomic E-state index is 12.5. The van der Waals surface area contributed by atoms with Crippen LogP contribution in [0.2, 0.25) is 5.02 Å². The van der Waals surface area contributed by atoms with Crippen LogP contribution in [0.1, 0.15) is 36.7 Å². The highest BCUT2D eigenvalue weighted by Crippen LogP contribution is 2.21. The summed E-state index contributed by atoms with van der Waals surface area (Å²) in [7, 11) is 0. The third-order valence-corrected chi connectivity index (χ3v) is 4.60. The van der Waals surface area contributed by atoms with Gasteiger partial charge in [-0.3, -0.25) is 20.1 Å². The summed E-state index contributed by atoms with van der Waals surface area (Å²) >= 11 is 5.83. The summed E-state index contributed by atoms with van der Waals surface area (Å²) in [6.45, 7) is 3.73. The van der Waals surface area contributed by atoms with E-state index in [-0.39, 0.29) is 11.5 Å². The van der Waals surface area contributed by atoms with E-state index in [0.717, 1.165) is 6.92 Å². The minimum Gasteiger partial charge on any atom is -0.478 e. The Bertz CT molecular complexity index is 970. The van der Waals surface area contributed by atoms with Crippen molar-refractivity contribution in [3.63, 3.8) is 0 Å². The molecule has 158 valence electrons. The van der Waals surface area contributed by atoms with Crippen LogP contribution in [0.25, 0.3) is 0 Å². The Morgan fingerprint density at radius 2 is 1.43 bits per heavy atom. The second-order valence-electron chi connectivity index (χ2n) is 7.10. The number of nitrogens with two attached hydrogens (primary N) is 1. The van der Waals surface area contributed by atoms with Crippen molar-refractivity contribution in [1.29, 1.82) is 0 Å². The van der Waals surface area contributed by atoms with Crippen molar-refractivity contribution in [2.45, 2.75) is 32.0 Å². The lowest BCUT2D eigenvalue weighted by Gasteiger charge is -2.30. The summed E-state index contributed by atoms with van der Waals surface area (Å²) in [5.41, 5.74) is 2.25. The summed E-state index contributed by atoms with van der Waals surface area (Å²) in [6, 6.07) is 12.5. The topological polar surface area (TPSA) is 136 Å². The fraction of sp³-hybridized carbons (Fsp3) is 0.238. The van der Waals surface area contributed by atoms with Gasteiger partial charge in [0.1, 0.15) is 5.75 Å². The zero-order valence-corrected chi connectivity index (χ0v) is 17.3. The number of carboxylic acid groups (broad SMARTS) is 1. The first-order chi connectivity index (χ1) is 13.9. The number of benzene rings is 2. The molecule has 1 atom stereocenters. The Hall–Kier alpha value is -3.23. The van der Waals surface area contributed by atoms with Crippen LogP contribution in [0.4, 0.5) is 0 Å². The predicted molar refractivity (Wildman–Crippen MR) is 109 cm³/mol. The first kappa shape index (κ1) is 23.1. The number of hydrogen-bond acceptors (Lipinski definition) is 6. The highest BCUT2D eigenvalue weighted by atomic mass is 35.5. The SMILES string of the molecule is CC(=O)C(N)(NC(=O)C(C)(C)Oc1ccc(C(=O)c2ccc(Cl)cc2)cc1)C(=O)O. The van der Waals surface area contributed by atoms with Gasteiger partial charge in [0.2, 0.25) is 5.66 Å². The molecule has 0 bridgehead atoms. The zero-order valence-electron chi connectivity index (χ0n) is 16.6. The van der Waals surface area contributed by atoms with Gasteiger partial charge in [0.15, 0.2) is 17.2 Å². The van der Waals surface area contributed by atoms with Gasteiger partial charge >= 0.3 is 5.97 Å². The highest BCUT2D eigenvalue weighted by Gasteiger charge is 2.44. The number of Topliss-reactive ketones (excluding diaryl/α,β-unsaturated/α-hetero) is 1. The molecule has 2 rings (SSSR count). The molecular weight excluding hydrogens is 412 g/mol. The molecule has 0 aliphatic carbocycles. The number of carbonyl (C=O) groups is 4. The van der Waals surface area contributed by atoms with Crippen molar-refractivity contribution < 1.29 is 29.0 Å². The predicted octanol–water partition coefficient (Wildman–Crippen LogP) is 2.17. The van der Waals surface area contributed by atoms with Crippen molar-refractivity contribution in [2.75, 3.05) is 0 Å². The van der Waals surface area contributed by atoms with Crippen LogP contribution >= 0.6 is 11.6 Å². The van der Waals surface area contributed by atoms with E-state index in [2.05, 4.69) is 0 Å². The molecule has 0 fully saturated rings. The minimum atomic E-state index is -2.56. The average Bonchev–Trinajstić information content (AvgIpc) is 2.67. The largest absolute Gasteiger partial charge is 0.478 e. The molecule has 9 heteroatoms. The van der Waals surface area contributed by atoms with Crippen molar-refractivity contribution in [3.8, 4) is 5.75 Å². The lowest BCUT2D eigenvalue weighted by atomic mass is 10.0. The van der Waals surface area contributed by atoms with Crippen molar-refractivity contribution in [3.05, 3.63) is 64.7 Å². The molecule has 0 radical (unpaired) electrons. The Morgan fingerprint density at radius 1 is 0.967 bits per heavy atom. The molecule has 0 heterocycles. The molecule has 2 aromatic rings. The lowest BCUT2D eigenvalue weighted by Crippen LogP contribution is -2.69. The van der Waals surface area contributed by atoms with Crippen molar-refractivity contribution in [1.82, 2.24) is 5.32 Å². The first-order valence-corrected chi connectivity index (χ1v) is 9.20. The fourth-order valence-corrected chi connectivity index (χ4v) is 2.53. The Labute approximate surface area is 178 Å². The summed E-state index contributed by atoms with van der Waals surface area (Å²) in [5, 5.41) is 11.7. The first-order valence-electron chi connectivity index (χ1n) is 8.82. The fourth-order valence-electron chi connectivity index (χ4n) is 2.40. The third-order valence-electron chi connectivity index (χ3n) is 4.35. The van der Waals surface area contributed by atoms with Crippen LogP contribution in [0.3, 0.4) is 0 Å². The van der Waals surface area contributed by atoms with E-state index in [1.54, 1.807) is 24.3 Å². The molecule has 0 spiro atoms. The monoisotopic (exact) mass is 432 g/mol. The van der Waals surface area contributed by atoms with E-state index in [9.17, 15) is 19.2 Å². The van der Waals surface area contributed by atoms with Gasteiger partial charge < -0.3 is 15.2 Å². The molecule has 0 aromatic heterocycles. The molecule has 30 heavy (non-hydrogen) atoms. The molecule has 0 aliphatic heterocycles. The summed E-state index contributed by atoms with van der Waals surface area (Å²) in [4.78, 5) is 47.8. The summed E-state index contributed by atoms with van der Waals surface area (Å²) < 4.78 is 5.62. The summed E-state index contributed by atoms with van der Waals surface area (Å²) in [5.74, 6) is -3.49. The number of aliphatic carboxylic acids is 1. The van der Waals surface area contributed by atoms with Crippen LogP contribution in [-0.4, -0.2) is 39.8 Å². The normalized spacial score (nSPS) is 13.1. The highest BCUT2D eigenvalue weighted by molar-refractivity contribution is 6.30. The molecular formula is C21H21ClN2O6. The summed E-state index contributed by atoms with van der Waals surface area (Å²) in [6.07, 6.45) is 0. The number of ketones is 2. The van der Waals surface area contributed by atoms with Crippen molar-refractivity contribution >= 4 is 35.0 Å². The minimum absolute atomic E-state index is 0.217. The number of nitrogens with one attached hydrogen (secondary N) is 1. The number of amides is 1. The second kappa shape index (κ2) is 8.64. The van der Waals surface area contributed by atoms with E-state index < -0.39 is 28.9 Å². The Morgan fingerprint density at radius 3 is 1.87 bits per heavy atom. The molecule has 4 N–H and O–H groups in total. The molecule has 0 saturated carbocycles. The van der Waals surface area contributed by atoms with Crippen LogP contribution < -0.4 is 15.8 Å². The molecule has 0 aliphatic rings.